The lowest BCUT2D eigenvalue weighted by molar-refractivity contribution is -0.0618. The van der Waals surface area contributed by atoms with Crippen molar-refractivity contribution in [1.82, 2.24) is 0 Å². The lowest BCUT2D eigenvalue weighted by Crippen LogP contribution is -2.49. The molecule has 6 rings (SSSR count). The largest absolute Gasteiger partial charge is 0.103 e. The van der Waals surface area contributed by atoms with E-state index >= 15 is 0 Å². The number of hydrogen-bond acceptors (Lipinski definition) is 0. The van der Waals surface area contributed by atoms with Gasteiger partial charge in [0, 0.05) is 5.92 Å². The second-order valence-corrected chi connectivity index (χ2v) is 9.36. The first-order chi connectivity index (χ1) is 12.8. The second-order valence-electron chi connectivity index (χ2n) is 9.36. The average Bonchev–Trinajstić information content (AvgIpc) is 2.63. The standard InChI is InChI=1S/C26H30/c1-2-6-19-9-11-24(12-10-19)25(23-7-4-3-5-8-23)26-16-20-13-21(17-26)15-22(14-20)18-26/h2-5,7-12,20-22,25H,1,6,13-18H2. The van der Waals surface area contributed by atoms with Gasteiger partial charge in [0.05, 0.1) is 0 Å². The Morgan fingerprint density at radius 3 is 1.88 bits per heavy atom. The van der Waals surface area contributed by atoms with E-state index < -0.39 is 0 Å². The van der Waals surface area contributed by atoms with E-state index in [-0.39, 0.29) is 0 Å². The van der Waals surface area contributed by atoms with E-state index in [2.05, 4.69) is 61.2 Å². The second kappa shape index (κ2) is 6.41. The molecule has 2 aromatic carbocycles. The summed E-state index contributed by atoms with van der Waals surface area (Å²) in [5, 5.41) is 0. The molecule has 4 aliphatic carbocycles. The molecule has 4 fully saturated rings. The third-order valence-electron chi connectivity index (χ3n) is 7.52. The molecule has 4 aliphatic rings. The van der Waals surface area contributed by atoms with Crippen molar-refractivity contribution in [3.63, 3.8) is 0 Å². The van der Waals surface area contributed by atoms with Crippen LogP contribution < -0.4 is 0 Å². The molecule has 0 heterocycles. The molecule has 0 N–H and O–H groups in total. The van der Waals surface area contributed by atoms with Crippen molar-refractivity contribution >= 4 is 0 Å². The fraction of sp³-hybridized carbons (Fsp3) is 0.462. The van der Waals surface area contributed by atoms with Crippen LogP contribution in [-0.4, -0.2) is 0 Å². The van der Waals surface area contributed by atoms with Crippen molar-refractivity contribution < 1.29 is 0 Å². The Morgan fingerprint density at radius 2 is 1.35 bits per heavy atom. The van der Waals surface area contributed by atoms with Crippen LogP contribution in [0.15, 0.2) is 67.3 Å². The summed E-state index contributed by atoms with van der Waals surface area (Å²) in [4.78, 5) is 0. The van der Waals surface area contributed by atoms with Crippen LogP contribution >= 0.6 is 0 Å². The molecule has 0 heteroatoms. The van der Waals surface area contributed by atoms with Crippen LogP contribution in [0.4, 0.5) is 0 Å². The molecule has 0 saturated heterocycles. The number of hydrogen-bond donors (Lipinski definition) is 0. The highest BCUT2D eigenvalue weighted by atomic mass is 14.6. The van der Waals surface area contributed by atoms with Gasteiger partial charge in [-0.25, -0.2) is 0 Å². The minimum Gasteiger partial charge on any atom is -0.103 e. The van der Waals surface area contributed by atoms with Gasteiger partial charge in [-0.05, 0) is 84.8 Å². The lowest BCUT2D eigenvalue weighted by atomic mass is 9.45. The predicted octanol–water partition coefficient (Wildman–Crippen LogP) is 6.76. The van der Waals surface area contributed by atoms with Crippen molar-refractivity contribution in [3.8, 4) is 0 Å². The van der Waals surface area contributed by atoms with Gasteiger partial charge in [-0.2, -0.15) is 0 Å². The Labute approximate surface area is 158 Å². The monoisotopic (exact) mass is 342 g/mol. The summed E-state index contributed by atoms with van der Waals surface area (Å²) in [6.07, 6.45) is 11.9. The smallest absolute Gasteiger partial charge is 0.0146 e. The molecule has 4 saturated carbocycles. The highest BCUT2D eigenvalue weighted by molar-refractivity contribution is 5.38. The zero-order chi connectivity index (χ0) is 17.6. The van der Waals surface area contributed by atoms with E-state index in [9.17, 15) is 0 Å². The first kappa shape index (κ1) is 16.4. The van der Waals surface area contributed by atoms with Crippen molar-refractivity contribution in [2.75, 3.05) is 0 Å². The molecule has 1 atom stereocenters. The van der Waals surface area contributed by atoms with E-state index in [0.29, 0.717) is 11.3 Å². The molecule has 0 nitrogen and oxygen atoms in total. The van der Waals surface area contributed by atoms with Gasteiger partial charge in [-0.15, -0.1) is 6.58 Å². The maximum Gasteiger partial charge on any atom is 0.0146 e. The van der Waals surface area contributed by atoms with Crippen LogP contribution in [-0.2, 0) is 6.42 Å². The normalized spacial score (nSPS) is 33.2. The quantitative estimate of drug-likeness (QED) is 0.526. The molecule has 4 bridgehead atoms. The summed E-state index contributed by atoms with van der Waals surface area (Å²) in [6, 6.07) is 20.9. The van der Waals surface area contributed by atoms with E-state index in [4.69, 9.17) is 0 Å². The van der Waals surface area contributed by atoms with Gasteiger partial charge in [0.1, 0.15) is 0 Å². The fourth-order valence-corrected chi connectivity index (χ4v) is 7.09. The number of allylic oxidation sites excluding steroid dienone is 1. The molecule has 2 aromatic rings. The SMILES string of the molecule is C=CCc1ccc(C(c2ccccc2)C23CC4CC(CC(C4)C2)C3)cc1. The molecule has 26 heavy (non-hydrogen) atoms. The topological polar surface area (TPSA) is 0 Å². The maximum absolute atomic E-state index is 3.89. The summed E-state index contributed by atoms with van der Waals surface area (Å²) < 4.78 is 0. The molecule has 0 spiro atoms. The van der Waals surface area contributed by atoms with Crippen LogP contribution in [0.5, 0.6) is 0 Å². The fourth-order valence-electron chi connectivity index (χ4n) is 7.09. The minimum absolute atomic E-state index is 0.496. The molecule has 0 aliphatic heterocycles. The van der Waals surface area contributed by atoms with Crippen molar-refractivity contribution in [2.45, 2.75) is 50.9 Å². The predicted molar refractivity (Wildman–Crippen MR) is 109 cm³/mol. The maximum atomic E-state index is 3.89. The molecular weight excluding hydrogens is 312 g/mol. The van der Waals surface area contributed by atoms with Gasteiger partial charge in [0.25, 0.3) is 0 Å². The van der Waals surface area contributed by atoms with Crippen LogP contribution in [0.3, 0.4) is 0 Å². The molecule has 0 radical (unpaired) electrons. The van der Waals surface area contributed by atoms with Crippen LogP contribution in [0.2, 0.25) is 0 Å². The highest BCUT2D eigenvalue weighted by Gasteiger charge is 2.54. The first-order valence-electron chi connectivity index (χ1n) is 10.5. The van der Waals surface area contributed by atoms with Crippen LogP contribution in [0.25, 0.3) is 0 Å². The van der Waals surface area contributed by atoms with E-state index in [1.54, 1.807) is 0 Å². The molecule has 134 valence electrons. The minimum atomic E-state index is 0.496. The van der Waals surface area contributed by atoms with E-state index in [0.717, 1.165) is 24.2 Å². The average molecular weight is 343 g/mol. The van der Waals surface area contributed by atoms with Gasteiger partial charge in [0.2, 0.25) is 0 Å². The van der Waals surface area contributed by atoms with Crippen molar-refractivity contribution in [3.05, 3.63) is 83.9 Å². The Hall–Kier alpha value is -1.82. The number of rotatable bonds is 5. The Morgan fingerprint density at radius 1 is 0.808 bits per heavy atom. The zero-order valence-corrected chi connectivity index (χ0v) is 15.7. The van der Waals surface area contributed by atoms with Gasteiger partial charge >= 0.3 is 0 Å². The summed E-state index contributed by atoms with van der Waals surface area (Å²) in [7, 11) is 0. The third kappa shape index (κ3) is 2.75. The van der Waals surface area contributed by atoms with Gasteiger partial charge in [0.15, 0.2) is 0 Å². The van der Waals surface area contributed by atoms with Crippen molar-refractivity contribution in [2.24, 2.45) is 23.2 Å². The van der Waals surface area contributed by atoms with E-state index in [1.165, 1.54) is 55.2 Å². The van der Waals surface area contributed by atoms with Gasteiger partial charge in [-0.3, -0.25) is 0 Å². The summed E-state index contributed by atoms with van der Waals surface area (Å²) >= 11 is 0. The van der Waals surface area contributed by atoms with Crippen molar-refractivity contribution in [1.29, 1.82) is 0 Å². The van der Waals surface area contributed by atoms with Crippen LogP contribution in [0.1, 0.15) is 61.1 Å². The van der Waals surface area contributed by atoms with Crippen LogP contribution in [0, 0.1) is 23.2 Å². The summed E-state index contributed by atoms with van der Waals surface area (Å²) in [5.41, 5.74) is 4.94. The Kier molecular flexibility index (Phi) is 4.03. The van der Waals surface area contributed by atoms with Gasteiger partial charge in [-0.1, -0.05) is 60.7 Å². The lowest BCUT2D eigenvalue weighted by Gasteiger charge is -2.59. The third-order valence-corrected chi connectivity index (χ3v) is 7.52. The summed E-state index contributed by atoms with van der Waals surface area (Å²) in [5.74, 6) is 3.54. The highest BCUT2D eigenvalue weighted by Crippen LogP contribution is 2.65. The van der Waals surface area contributed by atoms with Gasteiger partial charge < -0.3 is 0 Å². The number of benzene rings is 2. The molecular formula is C26H30. The first-order valence-corrected chi connectivity index (χ1v) is 10.5. The molecule has 0 amide bonds. The summed E-state index contributed by atoms with van der Waals surface area (Å²) in [6.45, 7) is 3.89. The zero-order valence-electron chi connectivity index (χ0n) is 15.7. The molecule has 1 unspecified atom stereocenters. The molecule has 0 aromatic heterocycles. The Balaban J connectivity index is 1.58. The Bertz CT molecular complexity index is 732. The van der Waals surface area contributed by atoms with E-state index in [1.807, 2.05) is 6.08 Å².